The van der Waals surface area contributed by atoms with Crippen molar-refractivity contribution in [2.45, 2.75) is 45.1 Å². The van der Waals surface area contributed by atoms with E-state index < -0.39 is 10.0 Å². The van der Waals surface area contributed by atoms with Gasteiger partial charge in [-0.1, -0.05) is 19.0 Å². The Morgan fingerprint density at radius 1 is 1.39 bits per heavy atom. The van der Waals surface area contributed by atoms with Crippen molar-refractivity contribution in [2.75, 3.05) is 5.88 Å². The summed E-state index contributed by atoms with van der Waals surface area (Å²) in [6.07, 6.45) is 0.687. The fourth-order valence-electron chi connectivity index (χ4n) is 1.85. The molecule has 0 amide bonds. The van der Waals surface area contributed by atoms with Gasteiger partial charge in [0.15, 0.2) is 5.76 Å². The van der Waals surface area contributed by atoms with Gasteiger partial charge in [-0.05, 0) is 26.2 Å². The zero-order chi connectivity index (χ0) is 13.9. The number of hydrogen-bond donors (Lipinski definition) is 1. The molecule has 104 valence electrons. The predicted octanol–water partition coefficient (Wildman–Crippen LogP) is 2.22. The number of nitrogens with zero attached hydrogens (tertiary/aromatic N) is 1. The number of nitrogens with one attached hydrogen (secondary N) is 1. The second kappa shape index (κ2) is 6.04. The molecule has 1 aromatic rings. The number of alkyl halides is 1. The van der Waals surface area contributed by atoms with Gasteiger partial charge < -0.3 is 4.52 Å². The SMILES string of the molecule is Cc1noc(C)c1S(=O)(=O)NC(CCl)CC(C)C. The van der Waals surface area contributed by atoms with Crippen LogP contribution in [0, 0.1) is 19.8 Å². The van der Waals surface area contributed by atoms with Crippen LogP contribution in [0.25, 0.3) is 0 Å². The van der Waals surface area contributed by atoms with E-state index in [1.165, 1.54) is 0 Å². The predicted molar refractivity (Wildman–Crippen MR) is 70.3 cm³/mol. The lowest BCUT2D eigenvalue weighted by molar-refractivity contribution is 0.390. The summed E-state index contributed by atoms with van der Waals surface area (Å²) in [7, 11) is -3.63. The van der Waals surface area contributed by atoms with Crippen molar-refractivity contribution in [1.82, 2.24) is 9.88 Å². The average molecular weight is 295 g/mol. The topological polar surface area (TPSA) is 72.2 Å². The molecule has 18 heavy (non-hydrogen) atoms. The summed E-state index contributed by atoms with van der Waals surface area (Å²) >= 11 is 5.79. The highest BCUT2D eigenvalue weighted by atomic mass is 35.5. The Labute approximate surface area is 113 Å². The lowest BCUT2D eigenvalue weighted by atomic mass is 10.1. The number of hydrogen-bond acceptors (Lipinski definition) is 4. The Morgan fingerprint density at radius 3 is 2.39 bits per heavy atom. The van der Waals surface area contributed by atoms with E-state index in [4.69, 9.17) is 16.1 Å². The number of aromatic nitrogens is 1. The Morgan fingerprint density at radius 2 is 2.00 bits per heavy atom. The molecule has 1 rings (SSSR count). The third-order valence-corrected chi connectivity index (χ3v) is 4.64. The number of halogens is 1. The molecule has 0 aliphatic carbocycles. The van der Waals surface area contributed by atoms with Gasteiger partial charge in [-0.3, -0.25) is 0 Å². The lowest BCUT2D eigenvalue weighted by Gasteiger charge is -2.17. The Hall–Kier alpha value is -0.590. The van der Waals surface area contributed by atoms with Crippen molar-refractivity contribution in [3.63, 3.8) is 0 Å². The molecule has 0 aromatic carbocycles. The van der Waals surface area contributed by atoms with Crippen molar-refractivity contribution < 1.29 is 12.9 Å². The van der Waals surface area contributed by atoms with E-state index in [-0.39, 0.29) is 22.6 Å². The molecular weight excluding hydrogens is 276 g/mol. The molecular formula is C11H19ClN2O3S. The first-order valence-electron chi connectivity index (χ1n) is 5.79. The molecule has 7 heteroatoms. The summed E-state index contributed by atoms with van der Waals surface area (Å²) in [5.74, 6) is 0.889. The zero-order valence-corrected chi connectivity index (χ0v) is 12.6. The summed E-state index contributed by atoms with van der Waals surface area (Å²) in [6, 6.07) is -0.287. The zero-order valence-electron chi connectivity index (χ0n) is 11.0. The number of sulfonamides is 1. The van der Waals surface area contributed by atoms with E-state index in [1.54, 1.807) is 13.8 Å². The maximum Gasteiger partial charge on any atom is 0.246 e. The van der Waals surface area contributed by atoms with Crippen LogP contribution in [0.15, 0.2) is 9.42 Å². The highest BCUT2D eigenvalue weighted by Crippen LogP contribution is 2.20. The van der Waals surface area contributed by atoms with Crippen LogP contribution in [0.1, 0.15) is 31.7 Å². The van der Waals surface area contributed by atoms with Crippen molar-refractivity contribution in [1.29, 1.82) is 0 Å². The third kappa shape index (κ3) is 3.70. The quantitative estimate of drug-likeness (QED) is 0.817. The van der Waals surface area contributed by atoms with E-state index in [1.807, 2.05) is 13.8 Å². The summed E-state index contributed by atoms with van der Waals surface area (Å²) in [4.78, 5) is 0.112. The molecule has 0 fully saturated rings. The molecule has 0 radical (unpaired) electrons. The van der Waals surface area contributed by atoms with Gasteiger partial charge in [0.25, 0.3) is 0 Å². The minimum absolute atomic E-state index is 0.112. The molecule has 5 nitrogen and oxygen atoms in total. The molecule has 1 heterocycles. The summed E-state index contributed by atoms with van der Waals surface area (Å²) in [6.45, 7) is 7.21. The number of rotatable bonds is 6. The standard InChI is InChI=1S/C11H19ClN2O3S/c1-7(2)5-10(6-12)14-18(15,16)11-8(3)13-17-9(11)4/h7,10,14H,5-6H2,1-4H3. The number of aryl methyl sites for hydroxylation is 2. The maximum atomic E-state index is 12.2. The summed E-state index contributed by atoms with van der Waals surface area (Å²) in [5.41, 5.74) is 0.359. The molecule has 1 unspecified atom stereocenters. The van der Waals surface area contributed by atoms with Crippen LogP contribution in [-0.4, -0.2) is 25.5 Å². The van der Waals surface area contributed by atoms with Crippen LogP contribution in [0.4, 0.5) is 0 Å². The first-order chi connectivity index (χ1) is 8.27. The molecule has 1 N–H and O–H groups in total. The minimum atomic E-state index is -3.63. The van der Waals surface area contributed by atoms with Crippen LogP contribution < -0.4 is 4.72 Å². The van der Waals surface area contributed by atoms with E-state index in [0.717, 1.165) is 0 Å². The molecule has 0 aliphatic rings. The van der Waals surface area contributed by atoms with Gasteiger partial charge in [0.2, 0.25) is 10.0 Å². The van der Waals surface area contributed by atoms with E-state index in [0.29, 0.717) is 18.0 Å². The second-order valence-corrected chi connectivity index (χ2v) is 6.71. The van der Waals surface area contributed by atoms with Crippen molar-refractivity contribution in [3.05, 3.63) is 11.5 Å². The fraction of sp³-hybridized carbons (Fsp3) is 0.727. The van der Waals surface area contributed by atoms with Gasteiger partial charge in [0.1, 0.15) is 10.6 Å². The highest BCUT2D eigenvalue weighted by molar-refractivity contribution is 7.89. The van der Waals surface area contributed by atoms with Gasteiger partial charge in [-0.15, -0.1) is 11.6 Å². The molecule has 0 spiro atoms. The van der Waals surface area contributed by atoms with Crippen LogP contribution in [0.2, 0.25) is 0 Å². The van der Waals surface area contributed by atoms with Crippen LogP contribution in [0.5, 0.6) is 0 Å². The summed E-state index contributed by atoms with van der Waals surface area (Å²) < 4.78 is 31.9. The van der Waals surface area contributed by atoms with Crippen molar-refractivity contribution in [3.8, 4) is 0 Å². The first-order valence-corrected chi connectivity index (χ1v) is 7.80. The first kappa shape index (κ1) is 15.5. The van der Waals surface area contributed by atoms with Crippen LogP contribution in [-0.2, 0) is 10.0 Å². The Bertz CT molecular complexity index is 477. The normalized spacial score (nSPS) is 14.1. The van der Waals surface area contributed by atoms with Gasteiger partial charge in [0, 0.05) is 11.9 Å². The van der Waals surface area contributed by atoms with Gasteiger partial charge in [-0.2, -0.15) is 0 Å². The Balaban J connectivity index is 2.94. The molecule has 0 saturated carbocycles. The van der Waals surface area contributed by atoms with Crippen LogP contribution in [0.3, 0.4) is 0 Å². The average Bonchev–Trinajstić information content (AvgIpc) is 2.56. The van der Waals surface area contributed by atoms with Gasteiger partial charge >= 0.3 is 0 Å². The largest absolute Gasteiger partial charge is 0.360 e. The lowest BCUT2D eigenvalue weighted by Crippen LogP contribution is -2.37. The molecule has 1 aromatic heterocycles. The summed E-state index contributed by atoms with van der Waals surface area (Å²) in [5, 5.41) is 3.65. The van der Waals surface area contributed by atoms with E-state index in [2.05, 4.69) is 9.88 Å². The third-order valence-electron chi connectivity index (χ3n) is 2.50. The highest BCUT2D eigenvalue weighted by Gasteiger charge is 2.27. The van der Waals surface area contributed by atoms with Crippen molar-refractivity contribution >= 4 is 21.6 Å². The monoisotopic (exact) mass is 294 g/mol. The smallest absolute Gasteiger partial charge is 0.246 e. The van der Waals surface area contributed by atoms with Gasteiger partial charge in [-0.25, -0.2) is 13.1 Å². The molecule has 1 atom stereocenters. The fourth-order valence-corrected chi connectivity index (χ4v) is 3.72. The van der Waals surface area contributed by atoms with E-state index >= 15 is 0 Å². The van der Waals surface area contributed by atoms with Crippen molar-refractivity contribution in [2.24, 2.45) is 5.92 Å². The van der Waals surface area contributed by atoms with Crippen LogP contribution >= 0.6 is 11.6 Å². The molecule has 0 aliphatic heterocycles. The molecule has 0 saturated heterocycles. The maximum absolute atomic E-state index is 12.2. The molecule has 0 bridgehead atoms. The second-order valence-electron chi connectivity index (χ2n) is 4.76. The van der Waals surface area contributed by atoms with Gasteiger partial charge in [0.05, 0.1) is 0 Å². The Kier molecular flexibility index (Phi) is 5.19. The van der Waals surface area contributed by atoms with E-state index in [9.17, 15) is 8.42 Å². The minimum Gasteiger partial charge on any atom is -0.360 e.